The van der Waals surface area contributed by atoms with Crippen LogP contribution in [0.3, 0.4) is 0 Å². The number of sulfone groups is 1. The Kier molecular flexibility index (Phi) is 5.03. The summed E-state index contributed by atoms with van der Waals surface area (Å²) in [6.45, 7) is 6.48. The highest BCUT2D eigenvalue weighted by Crippen LogP contribution is 2.28. The Labute approximate surface area is 144 Å². The molecule has 1 atom stereocenters. The highest BCUT2D eigenvalue weighted by atomic mass is 32.2. The number of guanidine groups is 1. The molecule has 1 saturated carbocycles. The third-order valence-electron chi connectivity index (χ3n) is 4.79. The van der Waals surface area contributed by atoms with E-state index in [1.165, 1.54) is 0 Å². The van der Waals surface area contributed by atoms with Crippen molar-refractivity contribution < 1.29 is 13.2 Å². The molecule has 2 saturated heterocycles. The summed E-state index contributed by atoms with van der Waals surface area (Å²) in [6, 6.07) is 0.675. The number of amides is 1. The van der Waals surface area contributed by atoms with Crippen LogP contribution in [0.4, 0.5) is 0 Å². The van der Waals surface area contributed by atoms with Crippen LogP contribution in [-0.4, -0.2) is 79.9 Å². The molecule has 3 rings (SSSR count). The lowest BCUT2D eigenvalue weighted by atomic mass is 10.1. The summed E-state index contributed by atoms with van der Waals surface area (Å²) in [7, 11) is -2.87. The number of piperazine rings is 1. The molecule has 0 aromatic carbocycles. The summed E-state index contributed by atoms with van der Waals surface area (Å²) in [5.74, 6) is 1.52. The van der Waals surface area contributed by atoms with E-state index in [-0.39, 0.29) is 29.4 Å². The summed E-state index contributed by atoms with van der Waals surface area (Å²) in [5, 5.41) is 3.33. The van der Waals surface area contributed by atoms with Crippen LogP contribution >= 0.6 is 0 Å². The lowest BCUT2D eigenvalue weighted by Crippen LogP contribution is -2.56. The maximum atomic E-state index is 12.3. The SMILES string of the molecule is CC(C)NC(=NCC1CCS(=O)(=O)C1)N1CCN(C2CC2)C(=O)C1. The fourth-order valence-corrected chi connectivity index (χ4v) is 5.22. The standard InChI is InChI=1S/C16H28N4O3S/c1-12(2)18-16(17-9-13-5-8-24(22,23)11-13)19-6-7-20(14-3-4-14)15(21)10-19/h12-14H,3-11H2,1-2H3,(H,17,18). The molecule has 1 aliphatic carbocycles. The lowest BCUT2D eigenvalue weighted by molar-refractivity contribution is -0.135. The molecule has 3 fully saturated rings. The zero-order valence-corrected chi connectivity index (χ0v) is 15.4. The average molecular weight is 356 g/mol. The van der Waals surface area contributed by atoms with Crippen molar-refractivity contribution in [2.24, 2.45) is 10.9 Å². The Balaban J connectivity index is 1.63. The largest absolute Gasteiger partial charge is 0.354 e. The molecule has 1 N–H and O–H groups in total. The minimum Gasteiger partial charge on any atom is -0.354 e. The Bertz CT molecular complexity index is 613. The van der Waals surface area contributed by atoms with E-state index in [4.69, 9.17) is 0 Å². The summed E-state index contributed by atoms with van der Waals surface area (Å²) >= 11 is 0. The maximum absolute atomic E-state index is 12.3. The van der Waals surface area contributed by atoms with E-state index >= 15 is 0 Å². The van der Waals surface area contributed by atoms with Crippen molar-refractivity contribution >= 4 is 21.7 Å². The second kappa shape index (κ2) is 6.90. The van der Waals surface area contributed by atoms with Crippen LogP contribution in [0, 0.1) is 5.92 Å². The Morgan fingerprint density at radius 3 is 2.58 bits per heavy atom. The van der Waals surface area contributed by atoms with Crippen LogP contribution in [0.5, 0.6) is 0 Å². The second-order valence-electron chi connectivity index (χ2n) is 7.47. The van der Waals surface area contributed by atoms with Crippen molar-refractivity contribution in [1.82, 2.24) is 15.1 Å². The van der Waals surface area contributed by atoms with Crippen LogP contribution in [0.25, 0.3) is 0 Å². The first-order valence-corrected chi connectivity index (χ1v) is 10.7. The first-order valence-electron chi connectivity index (χ1n) is 8.90. The van der Waals surface area contributed by atoms with E-state index in [1.807, 2.05) is 23.6 Å². The lowest BCUT2D eigenvalue weighted by Gasteiger charge is -2.36. The quantitative estimate of drug-likeness (QED) is 0.570. The van der Waals surface area contributed by atoms with Crippen molar-refractivity contribution in [3.63, 3.8) is 0 Å². The van der Waals surface area contributed by atoms with Gasteiger partial charge in [0, 0.05) is 31.7 Å². The molecule has 136 valence electrons. The third-order valence-corrected chi connectivity index (χ3v) is 6.63. The van der Waals surface area contributed by atoms with Gasteiger partial charge in [0.15, 0.2) is 15.8 Å². The number of nitrogens with zero attached hydrogens (tertiary/aromatic N) is 3. The Hall–Kier alpha value is -1.31. The normalized spacial score (nSPS) is 27.9. The van der Waals surface area contributed by atoms with Crippen molar-refractivity contribution in [2.75, 3.05) is 37.7 Å². The van der Waals surface area contributed by atoms with Crippen molar-refractivity contribution in [1.29, 1.82) is 0 Å². The van der Waals surface area contributed by atoms with Crippen LogP contribution in [0.15, 0.2) is 4.99 Å². The number of carbonyl (C=O) groups excluding carboxylic acids is 1. The van der Waals surface area contributed by atoms with Gasteiger partial charge in [0.1, 0.15) is 0 Å². The fraction of sp³-hybridized carbons (Fsp3) is 0.875. The smallest absolute Gasteiger partial charge is 0.242 e. The van der Waals surface area contributed by atoms with Gasteiger partial charge in [-0.05, 0) is 39.0 Å². The van der Waals surface area contributed by atoms with Crippen LogP contribution in [0.1, 0.15) is 33.1 Å². The topological polar surface area (TPSA) is 82.1 Å². The molecule has 0 spiro atoms. The second-order valence-corrected chi connectivity index (χ2v) is 9.70. The predicted octanol–water partition coefficient (Wildman–Crippen LogP) is 0.0817. The minimum atomic E-state index is -2.87. The maximum Gasteiger partial charge on any atom is 0.242 e. The molecule has 0 aromatic rings. The van der Waals surface area contributed by atoms with Crippen LogP contribution in [-0.2, 0) is 14.6 Å². The van der Waals surface area contributed by atoms with Gasteiger partial charge in [-0.3, -0.25) is 9.79 Å². The van der Waals surface area contributed by atoms with Gasteiger partial charge in [-0.25, -0.2) is 8.42 Å². The molecular weight excluding hydrogens is 328 g/mol. The zero-order chi connectivity index (χ0) is 17.3. The monoisotopic (exact) mass is 356 g/mol. The molecule has 1 unspecified atom stereocenters. The number of hydrogen-bond donors (Lipinski definition) is 1. The molecule has 0 radical (unpaired) electrons. The molecule has 24 heavy (non-hydrogen) atoms. The number of hydrogen-bond acceptors (Lipinski definition) is 4. The first-order chi connectivity index (χ1) is 11.3. The zero-order valence-electron chi connectivity index (χ0n) is 14.6. The van der Waals surface area contributed by atoms with Gasteiger partial charge in [-0.2, -0.15) is 0 Å². The molecule has 3 aliphatic rings. The molecule has 0 bridgehead atoms. The minimum absolute atomic E-state index is 0.0995. The summed E-state index contributed by atoms with van der Waals surface area (Å²) < 4.78 is 23.2. The average Bonchev–Trinajstić information content (AvgIpc) is 3.27. The molecular formula is C16H28N4O3S. The van der Waals surface area contributed by atoms with Crippen LogP contribution in [0.2, 0.25) is 0 Å². The predicted molar refractivity (Wildman–Crippen MR) is 93.6 cm³/mol. The van der Waals surface area contributed by atoms with Crippen molar-refractivity contribution in [3.8, 4) is 0 Å². The van der Waals surface area contributed by atoms with E-state index in [0.717, 1.165) is 31.9 Å². The number of carbonyl (C=O) groups is 1. The summed E-state index contributed by atoms with van der Waals surface area (Å²) in [5.41, 5.74) is 0. The van der Waals surface area contributed by atoms with E-state index in [9.17, 15) is 13.2 Å². The third kappa shape index (κ3) is 4.40. The first kappa shape index (κ1) is 17.5. The highest BCUT2D eigenvalue weighted by Gasteiger charge is 2.36. The Morgan fingerprint density at radius 1 is 1.29 bits per heavy atom. The van der Waals surface area contributed by atoms with E-state index in [0.29, 0.717) is 25.6 Å². The molecule has 1 amide bonds. The summed E-state index contributed by atoms with van der Waals surface area (Å²) in [4.78, 5) is 21.0. The van der Waals surface area contributed by atoms with Crippen molar-refractivity contribution in [3.05, 3.63) is 0 Å². The number of aliphatic imine (C=N–C) groups is 1. The van der Waals surface area contributed by atoms with Gasteiger partial charge < -0.3 is 15.1 Å². The number of nitrogens with one attached hydrogen (secondary N) is 1. The molecule has 8 heteroatoms. The van der Waals surface area contributed by atoms with Gasteiger partial charge in [-0.1, -0.05) is 0 Å². The van der Waals surface area contributed by atoms with Gasteiger partial charge >= 0.3 is 0 Å². The van der Waals surface area contributed by atoms with Crippen molar-refractivity contribution in [2.45, 2.75) is 45.2 Å². The van der Waals surface area contributed by atoms with Gasteiger partial charge in [-0.15, -0.1) is 0 Å². The molecule has 7 nitrogen and oxygen atoms in total. The summed E-state index contributed by atoms with van der Waals surface area (Å²) in [6.07, 6.45) is 2.95. The fourth-order valence-electron chi connectivity index (χ4n) is 3.37. The van der Waals surface area contributed by atoms with Crippen LogP contribution < -0.4 is 5.32 Å². The number of rotatable bonds is 4. The molecule has 0 aromatic heterocycles. The van der Waals surface area contributed by atoms with Gasteiger partial charge in [0.25, 0.3) is 0 Å². The molecule has 2 heterocycles. The highest BCUT2D eigenvalue weighted by molar-refractivity contribution is 7.91. The van der Waals surface area contributed by atoms with Gasteiger partial charge in [0.2, 0.25) is 5.91 Å². The Morgan fingerprint density at radius 2 is 2.04 bits per heavy atom. The van der Waals surface area contributed by atoms with Gasteiger partial charge in [0.05, 0.1) is 18.1 Å². The van der Waals surface area contributed by atoms with E-state index < -0.39 is 9.84 Å². The molecule has 2 aliphatic heterocycles. The van der Waals surface area contributed by atoms with E-state index in [1.54, 1.807) is 0 Å². The van der Waals surface area contributed by atoms with E-state index in [2.05, 4.69) is 10.3 Å².